The summed E-state index contributed by atoms with van der Waals surface area (Å²) in [5.74, 6) is -1.14. The number of aromatic nitrogens is 2. The van der Waals surface area contributed by atoms with Crippen LogP contribution < -0.4 is 5.32 Å². The van der Waals surface area contributed by atoms with E-state index in [-0.39, 0.29) is 5.76 Å². The molecule has 0 atom stereocenters. The SMILES string of the molecule is Cc1cnoc1C(=O)Nc1cccc(C=CC(=O)O)n1. The van der Waals surface area contributed by atoms with Gasteiger partial charge in [-0.05, 0) is 25.1 Å². The van der Waals surface area contributed by atoms with Crippen molar-refractivity contribution in [1.82, 2.24) is 10.1 Å². The molecule has 20 heavy (non-hydrogen) atoms. The Morgan fingerprint density at radius 1 is 1.40 bits per heavy atom. The zero-order valence-electron chi connectivity index (χ0n) is 10.5. The number of aryl methyl sites for hydroxylation is 1. The standard InChI is InChI=1S/C13H11N3O4/c1-8-7-14-20-12(8)13(19)16-10-4-2-3-9(15-10)5-6-11(17)18/h2-7H,1H3,(H,17,18)(H,15,16,19). The van der Waals surface area contributed by atoms with E-state index in [1.165, 1.54) is 12.3 Å². The van der Waals surface area contributed by atoms with Crippen LogP contribution in [0.5, 0.6) is 0 Å². The van der Waals surface area contributed by atoms with Crippen molar-refractivity contribution in [3.8, 4) is 0 Å². The topological polar surface area (TPSA) is 105 Å². The second-order valence-corrected chi connectivity index (χ2v) is 3.91. The molecule has 0 aliphatic heterocycles. The van der Waals surface area contributed by atoms with Crippen molar-refractivity contribution < 1.29 is 19.2 Å². The maximum atomic E-state index is 11.9. The molecular formula is C13H11N3O4. The minimum absolute atomic E-state index is 0.110. The first-order valence-electron chi connectivity index (χ1n) is 5.67. The number of amides is 1. The van der Waals surface area contributed by atoms with Gasteiger partial charge >= 0.3 is 5.97 Å². The molecule has 0 saturated carbocycles. The Kier molecular flexibility index (Phi) is 3.90. The van der Waals surface area contributed by atoms with Gasteiger partial charge < -0.3 is 14.9 Å². The van der Waals surface area contributed by atoms with Crippen LogP contribution in [0.1, 0.15) is 21.8 Å². The summed E-state index contributed by atoms with van der Waals surface area (Å²) < 4.78 is 4.83. The van der Waals surface area contributed by atoms with E-state index >= 15 is 0 Å². The Morgan fingerprint density at radius 2 is 2.20 bits per heavy atom. The zero-order valence-corrected chi connectivity index (χ0v) is 10.5. The molecule has 2 N–H and O–H groups in total. The summed E-state index contributed by atoms with van der Waals surface area (Å²) in [5.41, 5.74) is 1.03. The van der Waals surface area contributed by atoms with Crippen LogP contribution in [-0.2, 0) is 4.79 Å². The lowest BCUT2D eigenvalue weighted by molar-refractivity contribution is -0.131. The number of anilines is 1. The van der Waals surface area contributed by atoms with Crippen molar-refractivity contribution in [2.45, 2.75) is 6.92 Å². The molecule has 2 heterocycles. The summed E-state index contributed by atoms with van der Waals surface area (Å²) >= 11 is 0. The maximum absolute atomic E-state index is 11.9. The van der Waals surface area contributed by atoms with Gasteiger partial charge in [0.1, 0.15) is 5.82 Å². The van der Waals surface area contributed by atoms with Gasteiger partial charge in [0.15, 0.2) is 0 Å². The second-order valence-electron chi connectivity index (χ2n) is 3.91. The number of pyridine rings is 1. The van der Waals surface area contributed by atoms with Crippen molar-refractivity contribution in [2.75, 3.05) is 5.32 Å². The molecule has 7 nitrogen and oxygen atoms in total. The Balaban J connectivity index is 2.14. The number of rotatable bonds is 4. The molecule has 2 aromatic rings. The van der Waals surface area contributed by atoms with E-state index in [1.54, 1.807) is 25.1 Å². The van der Waals surface area contributed by atoms with E-state index in [9.17, 15) is 9.59 Å². The van der Waals surface area contributed by atoms with Crippen LogP contribution in [0.25, 0.3) is 6.08 Å². The van der Waals surface area contributed by atoms with Crippen molar-refractivity contribution in [3.05, 3.63) is 47.5 Å². The van der Waals surface area contributed by atoms with Crippen LogP contribution in [0.15, 0.2) is 35.0 Å². The molecule has 102 valence electrons. The molecule has 0 radical (unpaired) electrons. The molecule has 0 bridgehead atoms. The third-order valence-corrected chi connectivity index (χ3v) is 2.36. The normalized spacial score (nSPS) is 10.7. The van der Waals surface area contributed by atoms with E-state index < -0.39 is 11.9 Å². The minimum Gasteiger partial charge on any atom is -0.478 e. The number of nitrogens with one attached hydrogen (secondary N) is 1. The first kappa shape index (κ1) is 13.5. The number of aliphatic carboxylic acids is 1. The van der Waals surface area contributed by atoms with Gasteiger partial charge in [0.25, 0.3) is 5.91 Å². The van der Waals surface area contributed by atoms with Crippen LogP contribution in [0.2, 0.25) is 0 Å². The number of carboxylic acid groups (broad SMARTS) is 1. The summed E-state index contributed by atoms with van der Waals surface area (Å²) in [6.45, 7) is 1.70. The van der Waals surface area contributed by atoms with Crippen LogP contribution in [0.3, 0.4) is 0 Å². The number of nitrogens with zero attached hydrogens (tertiary/aromatic N) is 2. The lowest BCUT2D eigenvalue weighted by Gasteiger charge is -2.03. The van der Waals surface area contributed by atoms with E-state index in [0.717, 1.165) is 6.08 Å². The number of carboxylic acids is 1. The Hall–Kier alpha value is -2.96. The lowest BCUT2D eigenvalue weighted by Crippen LogP contribution is -2.13. The quantitative estimate of drug-likeness (QED) is 0.822. The summed E-state index contributed by atoms with van der Waals surface area (Å²) in [6, 6.07) is 4.86. The third-order valence-electron chi connectivity index (χ3n) is 2.36. The van der Waals surface area contributed by atoms with Gasteiger partial charge in [-0.25, -0.2) is 9.78 Å². The van der Waals surface area contributed by atoms with E-state index in [0.29, 0.717) is 17.1 Å². The van der Waals surface area contributed by atoms with Crippen molar-refractivity contribution in [1.29, 1.82) is 0 Å². The van der Waals surface area contributed by atoms with Gasteiger partial charge in [-0.2, -0.15) is 0 Å². The highest BCUT2D eigenvalue weighted by atomic mass is 16.5. The molecule has 0 fully saturated rings. The van der Waals surface area contributed by atoms with Gasteiger partial charge in [0.05, 0.1) is 11.9 Å². The molecule has 2 aromatic heterocycles. The highest BCUT2D eigenvalue weighted by molar-refractivity contribution is 6.02. The van der Waals surface area contributed by atoms with Crippen LogP contribution in [0, 0.1) is 6.92 Å². The van der Waals surface area contributed by atoms with E-state index in [4.69, 9.17) is 9.63 Å². The molecule has 2 rings (SSSR count). The predicted molar refractivity (Wildman–Crippen MR) is 70.1 cm³/mol. The van der Waals surface area contributed by atoms with Gasteiger partial charge in [0, 0.05) is 11.6 Å². The molecule has 1 amide bonds. The summed E-state index contributed by atoms with van der Waals surface area (Å²) in [6.07, 6.45) is 3.74. The molecule has 0 saturated heterocycles. The number of hydrogen-bond donors (Lipinski definition) is 2. The fraction of sp³-hybridized carbons (Fsp3) is 0.0769. The Bertz CT molecular complexity index is 676. The summed E-state index contributed by atoms with van der Waals surface area (Å²) in [7, 11) is 0. The first-order valence-corrected chi connectivity index (χ1v) is 5.67. The molecule has 0 spiro atoms. The van der Waals surface area contributed by atoms with E-state index in [1.807, 2.05) is 0 Å². The average Bonchev–Trinajstić information content (AvgIpc) is 2.83. The van der Waals surface area contributed by atoms with E-state index in [2.05, 4.69) is 15.5 Å². The fourth-order valence-electron chi connectivity index (χ4n) is 1.45. The van der Waals surface area contributed by atoms with Gasteiger partial charge in [0.2, 0.25) is 5.76 Å². The second kappa shape index (κ2) is 5.79. The average molecular weight is 273 g/mol. The molecule has 0 aromatic carbocycles. The largest absolute Gasteiger partial charge is 0.478 e. The molecule has 0 unspecified atom stereocenters. The lowest BCUT2D eigenvalue weighted by atomic mass is 10.3. The van der Waals surface area contributed by atoms with Crippen LogP contribution in [-0.4, -0.2) is 27.1 Å². The van der Waals surface area contributed by atoms with Crippen molar-refractivity contribution >= 4 is 23.8 Å². The first-order chi connectivity index (χ1) is 9.56. The maximum Gasteiger partial charge on any atom is 0.328 e. The van der Waals surface area contributed by atoms with Gasteiger partial charge in [-0.3, -0.25) is 4.79 Å². The molecule has 0 aliphatic carbocycles. The molecule has 0 aliphatic rings. The highest BCUT2D eigenvalue weighted by Gasteiger charge is 2.14. The smallest absolute Gasteiger partial charge is 0.328 e. The number of hydrogen-bond acceptors (Lipinski definition) is 5. The zero-order chi connectivity index (χ0) is 14.5. The third kappa shape index (κ3) is 3.29. The Labute approximate surface area is 113 Å². The Morgan fingerprint density at radius 3 is 2.85 bits per heavy atom. The monoisotopic (exact) mass is 273 g/mol. The van der Waals surface area contributed by atoms with Crippen molar-refractivity contribution in [2.24, 2.45) is 0 Å². The van der Waals surface area contributed by atoms with Crippen LogP contribution in [0.4, 0.5) is 5.82 Å². The predicted octanol–water partition coefficient (Wildman–Crippen LogP) is 1.73. The summed E-state index contributed by atoms with van der Waals surface area (Å²) in [5, 5.41) is 14.6. The molecule has 7 heteroatoms. The van der Waals surface area contributed by atoms with Crippen LogP contribution >= 0.6 is 0 Å². The molecular weight excluding hydrogens is 262 g/mol. The summed E-state index contributed by atoms with van der Waals surface area (Å²) in [4.78, 5) is 26.4. The van der Waals surface area contributed by atoms with Gasteiger partial charge in [-0.1, -0.05) is 11.2 Å². The van der Waals surface area contributed by atoms with Gasteiger partial charge in [-0.15, -0.1) is 0 Å². The number of carbonyl (C=O) groups is 2. The number of carbonyl (C=O) groups excluding carboxylic acids is 1. The minimum atomic E-state index is -1.07. The highest BCUT2D eigenvalue weighted by Crippen LogP contribution is 2.11. The van der Waals surface area contributed by atoms with Crippen molar-refractivity contribution in [3.63, 3.8) is 0 Å². The fourth-order valence-corrected chi connectivity index (χ4v) is 1.45.